The Hall–Kier alpha value is -4.19. The number of esters is 1. The predicted molar refractivity (Wildman–Crippen MR) is 133 cm³/mol. The van der Waals surface area contributed by atoms with Gasteiger partial charge in [-0.15, -0.1) is 0 Å². The van der Waals surface area contributed by atoms with E-state index < -0.39 is 12.0 Å². The van der Waals surface area contributed by atoms with Crippen molar-refractivity contribution in [2.45, 2.75) is 19.4 Å². The molecule has 0 N–H and O–H groups in total. The van der Waals surface area contributed by atoms with Gasteiger partial charge in [0.15, 0.2) is 6.04 Å². The van der Waals surface area contributed by atoms with Crippen LogP contribution in [0.4, 0.5) is 0 Å². The standard InChI is InChI=1S/C28H25N3O3/c1-18-10-9-15-24-25(18)20(17-30(24)2)16-23-21-13-7-8-14-22(21)27(32)31(29-23)26(28(33)34-3)19-11-5-4-6-12-19/h4-15,17,26H,16H2,1-3H3. The van der Waals surface area contributed by atoms with Gasteiger partial charge in [0.1, 0.15) is 0 Å². The molecule has 2 aromatic heterocycles. The summed E-state index contributed by atoms with van der Waals surface area (Å²) in [6, 6.07) is 21.8. The Morgan fingerprint density at radius 2 is 1.68 bits per heavy atom. The van der Waals surface area contributed by atoms with Gasteiger partial charge in [-0.1, -0.05) is 60.7 Å². The average Bonchev–Trinajstić information content (AvgIpc) is 3.18. The number of ether oxygens (including phenoxy) is 1. The number of benzene rings is 3. The van der Waals surface area contributed by atoms with Crippen molar-refractivity contribution in [2.75, 3.05) is 7.11 Å². The zero-order chi connectivity index (χ0) is 23.8. The van der Waals surface area contributed by atoms with Crippen molar-refractivity contribution < 1.29 is 9.53 Å². The van der Waals surface area contributed by atoms with Gasteiger partial charge in [-0.2, -0.15) is 5.10 Å². The molecule has 1 unspecified atom stereocenters. The molecule has 0 amide bonds. The van der Waals surface area contributed by atoms with Crippen LogP contribution in [-0.2, 0) is 23.0 Å². The molecule has 2 heterocycles. The molecule has 0 saturated heterocycles. The maximum Gasteiger partial charge on any atom is 0.335 e. The number of hydrogen-bond donors (Lipinski definition) is 0. The number of hydrogen-bond acceptors (Lipinski definition) is 4. The minimum absolute atomic E-state index is 0.326. The van der Waals surface area contributed by atoms with E-state index in [4.69, 9.17) is 9.84 Å². The van der Waals surface area contributed by atoms with Gasteiger partial charge >= 0.3 is 5.97 Å². The van der Waals surface area contributed by atoms with Crippen molar-refractivity contribution in [2.24, 2.45) is 7.05 Å². The Morgan fingerprint density at radius 3 is 2.41 bits per heavy atom. The zero-order valence-electron chi connectivity index (χ0n) is 19.4. The predicted octanol–water partition coefficient (Wildman–Crippen LogP) is 4.55. The second-order valence-electron chi connectivity index (χ2n) is 8.49. The van der Waals surface area contributed by atoms with Gasteiger partial charge < -0.3 is 9.30 Å². The monoisotopic (exact) mass is 451 g/mol. The topological polar surface area (TPSA) is 66.1 Å². The summed E-state index contributed by atoms with van der Waals surface area (Å²) < 4.78 is 8.46. The largest absolute Gasteiger partial charge is 0.467 e. The van der Waals surface area contributed by atoms with Crippen molar-refractivity contribution in [3.8, 4) is 0 Å². The number of carbonyl (C=O) groups is 1. The quantitative estimate of drug-likeness (QED) is 0.368. The number of methoxy groups -OCH3 is 1. The Labute approximate surface area is 197 Å². The van der Waals surface area contributed by atoms with Crippen LogP contribution in [-0.4, -0.2) is 27.4 Å². The zero-order valence-corrected chi connectivity index (χ0v) is 19.4. The Bertz CT molecular complexity index is 1580. The molecule has 1 atom stereocenters. The molecule has 170 valence electrons. The SMILES string of the molecule is COC(=O)C(c1ccccc1)n1nc(Cc2cn(C)c3cccc(C)c23)c2ccccc2c1=O. The van der Waals surface area contributed by atoms with E-state index in [9.17, 15) is 9.59 Å². The highest BCUT2D eigenvalue weighted by molar-refractivity contribution is 5.89. The molecule has 6 nitrogen and oxygen atoms in total. The number of fused-ring (bicyclic) bond motifs is 2. The Morgan fingerprint density at radius 1 is 0.971 bits per heavy atom. The second-order valence-corrected chi connectivity index (χ2v) is 8.49. The highest BCUT2D eigenvalue weighted by Crippen LogP contribution is 2.28. The number of nitrogens with zero attached hydrogens (tertiary/aromatic N) is 3. The minimum Gasteiger partial charge on any atom is -0.467 e. The van der Waals surface area contributed by atoms with E-state index in [-0.39, 0.29) is 5.56 Å². The molecule has 0 fully saturated rings. The van der Waals surface area contributed by atoms with Crippen LogP contribution in [0.15, 0.2) is 83.8 Å². The van der Waals surface area contributed by atoms with Crippen LogP contribution in [0.5, 0.6) is 0 Å². The summed E-state index contributed by atoms with van der Waals surface area (Å²) in [7, 11) is 3.35. The number of aromatic nitrogens is 3. The van der Waals surface area contributed by atoms with E-state index in [2.05, 4.69) is 35.9 Å². The van der Waals surface area contributed by atoms with E-state index >= 15 is 0 Å². The van der Waals surface area contributed by atoms with Crippen LogP contribution < -0.4 is 5.56 Å². The molecule has 3 aromatic carbocycles. The van der Waals surface area contributed by atoms with E-state index in [1.165, 1.54) is 22.7 Å². The number of carbonyl (C=O) groups excluding carboxylic acids is 1. The summed E-state index contributed by atoms with van der Waals surface area (Å²) in [5.74, 6) is -0.539. The molecule has 0 aliphatic heterocycles. The number of rotatable bonds is 5. The van der Waals surface area contributed by atoms with E-state index in [1.807, 2.05) is 43.4 Å². The molecule has 0 aliphatic rings. The first-order valence-electron chi connectivity index (χ1n) is 11.2. The van der Waals surface area contributed by atoms with Crippen molar-refractivity contribution in [1.82, 2.24) is 14.3 Å². The fraction of sp³-hybridized carbons (Fsp3) is 0.179. The summed E-state index contributed by atoms with van der Waals surface area (Å²) in [6.45, 7) is 2.10. The molecule has 34 heavy (non-hydrogen) atoms. The Balaban J connectivity index is 1.75. The smallest absolute Gasteiger partial charge is 0.335 e. The van der Waals surface area contributed by atoms with Crippen LogP contribution in [0.1, 0.15) is 28.4 Å². The molecule has 5 rings (SSSR count). The fourth-order valence-electron chi connectivity index (χ4n) is 4.75. The summed E-state index contributed by atoms with van der Waals surface area (Å²) in [5.41, 5.74) is 4.49. The lowest BCUT2D eigenvalue weighted by molar-refractivity contribution is -0.143. The van der Waals surface area contributed by atoms with Crippen molar-refractivity contribution in [3.05, 3.63) is 112 Å². The van der Waals surface area contributed by atoms with Gasteiger partial charge in [-0.3, -0.25) is 4.79 Å². The van der Waals surface area contributed by atoms with Crippen LogP contribution in [0.3, 0.4) is 0 Å². The molecule has 0 spiro atoms. The lowest BCUT2D eigenvalue weighted by atomic mass is 10.0. The third-order valence-electron chi connectivity index (χ3n) is 6.35. The summed E-state index contributed by atoms with van der Waals surface area (Å²) in [5, 5.41) is 7.27. The van der Waals surface area contributed by atoms with Crippen molar-refractivity contribution in [3.63, 3.8) is 0 Å². The maximum absolute atomic E-state index is 13.5. The van der Waals surface area contributed by atoms with E-state index in [0.29, 0.717) is 17.4 Å². The molecule has 0 aliphatic carbocycles. The third-order valence-corrected chi connectivity index (χ3v) is 6.35. The number of aryl methyl sites for hydroxylation is 2. The van der Waals surface area contributed by atoms with Crippen LogP contribution in [0.2, 0.25) is 0 Å². The summed E-state index contributed by atoms with van der Waals surface area (Å²) in [6.07, 6.45) is 2.63. The molecule has 6 heteroatoms. The second kappa shape index (κ2) is 8.63. The lowest BCUT2D eigenvalue weighted by Crippen LogP contribution is -2.34. The van der Waals surface area contributed by atoms with E-state index in [0.717, 1.165) is 22.2 Å². The molecule has 0 radical (unpaired) electrons. The molecule has 0 bridgehead atoms. The molecular weight excluding hydrogens is 426 g/mol. The van der Waals surface area contributed by atoms with Crippen LogP contribution in [0.25, 0.3) is 21.7 Å². The van der Waals surface area contributed by atoms with Gasteiger partial charge in [-0.25, -0.2) is 9.48 Å². The van der Waals surface area contributed by atoms with E-state index in [1.54, 1.807) is 18.2 Å². The highest BCUT2D eigenvalue weighted by Gasteiger charge is 2.27. The summed E-state index contributed by atoms with van der Waals surface area (Å²) >= 11 is 0. The Kier molecular flexibility index (Phi) is 5.49. The van der Waals surface area contributed by atoms with Crippen LogP contribution >= 0.6 is 0 Å². The average molecular weight is 452 g/mol. The van der Waals surface area contributed by atoms with Gasteiger partial charge in [0.05, 0.1) is 18.2 Å². The van der Waals surface area contributed by atoms with Crippen molar-refractivity contribution in [1.29, 1.82) is 0 Å². The fourth-order valence-corrected chi connectivity index (χ4v) is 4.75. The highest BCUT2D eigenvalue weighted by atomic mass is 16.5. The van der Waals surface area contributed by atoms with Crippen LogP contribution in [0, 0.1) is 6.92 Å². The summed E-state index contributed by atoms with van der Waals surface area (Å²) in [4.78, 5) is 26.4. The minimum atomic E-state index is -0.976. The van der Waals surface area contributed by atoms with Gasteiger partial charge in [0, 0.05) is 36.0 Å². The molecule has 5 aromatic rings. The first-order chi connectivity index (χ1) is 16.5. The molecular formula is C28H25N3O3. The third kappa shape index (κ3) is 3.57. The lowest BCUT2D eigenvalue weighted by Gasteiger charge is -2.19. The van der Waals surface area contributed by atoms with Gasteiger partial charge in [0.2, 0.25) is 0 Å². The molecule has 0 saturated carbocycles. The first-order valence-corrected chi connectivity index (χ1v) is 11.2. The normalized spacial score (nSPS) is 12.2. The van der Waals surface area contributed by atoms with Gasteiger partial charge in [-0.05, 0) is 35.7 Å². The first kappa shape index (κ1) is 21.6. The van der Waals surface area contributed by atoms with Crippen molar-refractivity contribution >= 4 is 27.6 Å². The van der Waals surface area contributed by atoms with Gasteiger partial charge in [0.25, 0.3) is 5.56 Å². The maximum atomic E-state index is 13.5.